The fourth-order valence-corrected chi connectivity index (χ4v) is 2.84. The maximum Gasteiger partial charge on any atom is 0.00450 e. The lowest BCUT2D eigenvalue weighted by Gasteiger charge is -2.34. The molecule has 1 aromatic rings. The van der Waals surface area contributed by atoms with Crippen molar-refractivity contribution in [2.45, 2.75) is 51.5 Å². The zero-order valence-corrected chi connectivity index (χ0v) is 12.6. The lowest BCUT2D eigenvalue weighted by Crippen LogP contribution is -2.43. The Balaban J connectivity index is 1.82. The van der Waals surface area contributed by atoms with Crippen LogP contribution in [0.2, 0.25) is 0 Å². The van der Waals surface area contributed by atoms with E-state index in [0.717, 1.165) is 25.4 Å². The van der Waals surface area contributed by atoms with Crippen LogP contribution in [0.3, 0.4) is 0 Å². The molecule has 0 bridgehead atoms. The molecule has 0 aromatic heterocycles. The molecule has 0 unspecified atom stereocenters. The van der Waals surface area contributed by atoms with Crippen LogP contribution in [0, 0.1) is 5.92 Å². The summed E-state index contributed by atoms with van der Waals surface area (Å²) in [5, 5.41) is 3.62. The van der Waals surface area contributed by atoms with Gasteiger partial charge in [0, 0.05) is 18.0 Å². The van der Waals surface area contributed by atoms with Gasteiger partial charge in [0.2, 0.25) is 0 Å². The summed E-state index contributed by atoms with van der Waals surface area (Å²) in [6.45, 7) is 8.97. The standard InChI is InChI=1S/C17H28N2/c1-4-13-5-7-15(8-6-13)17(2,3)12-19-11-14-9-16(18)10-14/h5-8,14,16,19H,4,9-12,18H2,1-3H3. The zero-order valence-electron chi connectivity index (χ0n) is 12.6. The summed E-state index contributed by atoms with van der Waals surface area (Å²) in [6, 6.07) is 9.52. The van der Waals surface area contributed by atoms with Crippen molar-refractivity contribution in [1.29, 1.82) is 0 Å². The Morgan fingerprint density at radius 1 is 1.21 bits per heavy atom. The number of aryl methyl sites for hydroxylation is 1. The quantitative estimate of drug-likeness (QED) is 0.825. The van der Waals surface area contributed by atoms with Crippen LogP contribution in [-0.4, -0.2) is 19.1 Å². The van der Waals surface area contributed by atoms with E-state index in [1.807, 2.05) is 0 Å². The highest BCUT2D eigenvalue weighted by atomic mass is 14.9. The average molecular weight is 260 g/mol. The minimum Gasteiger partial charge on any atom is -0.328 e. The fraction of sp³-hybridized carbons (Fsp3) is 0.647. The molecule has 0 heterocycles. The van der Waals surface area contributed by atoms with Crippen LogP contribution in [0.1, 0.15) is 44.7 Å². The molecule has 2 rings (SSSR count). The third-order valence-corrected chi connectivity index (χ3v) is 4.42. The first-order valence-corrected chi connectivity index (χ1v) is 7.57. The predicted octanol–water partition coefficient (Wildman–Crippen LogP) is 2.85. The van der Waals surface area contributed by atoms with E-state index in [-0.39, 0.29) is 5.41 Å². The fourth-order valence-electron chi connectivity index (χ4n) is 2.84. The predicted molar refractivity (Wildman–Crippen MR) is 82.4 cm³/mol. The molecule has 0 saturated heterocycles. The minimum absolute atomic E-state index is 0.193. The smallest absolute Gasteiger partial charge is 0.00450 e. The molecule has 0 spiro atoms. The van der Waals surface area contributed by atoms with Gasteiger partial charge in [-0.05, 0) is 42.9 Å². The molecule has 0 amide bonds. The molecule has 106 valence electrons. The Morgan fingerprint density at radius 2 is 1.84 bits per heavy atom. The van der Waals surface area contributed by atoms with Crippen LogP contribution in [0.5, 0.6) is 0 Å². The third-order valence-electron chi connectivity index (χ3n) is 4.42. The molecule has 1 saturated carbocycles. The second-order valence-corrected chi connectivity index (χ2v) is 6.66. The Kier molecular flexibility index (Phi) is 4.64. The molecule has 3 N–H and O–H groups in total. The van der Waals surface area contributed by atoms with E-state index in [1.165, 1.54) is 24.0 Å². The third kappa shape index (κ3) is 3.80. The molecule has 1 fully saturated rings. The maximum absolute atomic E-state index is 5.82. The van der Waals surface area contributed by atoms with Gasteiger partial charge < -0.3 is 11.1 Å². The number of hydrogen-bond acceptors (Lipinski definition) is 2. The summed E-state index contributed by atoms with van der Waals surface area (Å²) >= 11 is 0. The van der Waals surface area contributed by atoms with Crippen molar-refractivity contribution >= 4 is 0 Å². The normalized spacial score (nSPS) is 23.2. The topological polar surface area (TPSA) is 38.0 Å². The lowest BCUT2D eigenvalue weighted by molar-refractivity contribution is 0.251. The van der Waals surface area contributed by atoms with Gasteiger partial charge in [0.15, 0.2) is 0 Å². The van der Waals surface area contributed by atoms with Crippen LogP contribution in [0.4, 0.5) is 0 Å². The zero-order chi connectivity index (χ0) is 13.9. The highest BCUT2D eigenvalue weighted by Crippen LogP contribution is 2.26. The highest BCUT2D eigenvalue weighted by molar-refractivity contribution is 5.28. The average Bonchev–Trinajstić information content (AvgIpc) is 2.36. The number of hydrogen-bond donors (Lipinski definition) is 2. The number of nitrogens with one attached hydrogen (secondary N) is 1. The van der Waals surface area contributed by atoms with Crippen LogP contribution in [-0.2, 0) is 11.8 Å². The first-order valence-electron chi connectivity index (χ1n) is 7.57. The SMILES string of the molecule is CCc1ccc(C(C)(C)CNCC2CC(N)C2)cc1. The maximum atomic E-state index is 5.82. The van der Waals surface area contributed by atoms with Crippen LogP contribution in [0.15, 0.2) is 24.3 Å². The summed E-state index contributed by atoms with van der Waals surface area (Å²) in [4.78, 5) is 0. The number of rotatable bonds is 6. The molecule has 1 aromatic carbocycles. The second kappa shape index (κ2) is 6.06. The molecule has 0 atom stereocenters. The number of benzene rings is 1. The summed E-state index contributed by atoms with van der Waals surface area (Å²) in [6.07, 6.45) is 3.50. The van der Waals surface area contributed by atoms with Gasteiger partial charge >= 0.3 is 0 Å². The molecule has 2 heteroatoms. The summed E-state index contributed by atoms with van der Waals surface area (Å²) < 4.78 is 0. The first-order chi connectivity index (χ1) is 9.01. The molecule has 19 heavy (non-hydrogen) atoms. The van der Waals surface area contributed by atoms with Gasteiger partial charge in [-0.3, -0.25) is 0 Å². The summed E-state index contributed by atoms with van der Waals surface area (Å²) in [5.74, 6) is 0.799. The van der Waals surface area contributed by atoms with Crippen molar-refractivity contribution in [3.8, 4) is 0 Å². The number of nitrogens with two attached hydrogens (primary N) is 1. The summed E-state index contributed by atoms with van der Waals surface area (Å²) in [7, 11) is 0. The van der Waals surface area contributed by atoms with Crippen molar-refractivity contribution in [2.75, 3.05) is 13.1 Å². The van der Waals surface area contributed by atoms with E-state index in [1.54, 1.807) is 0 Å². The van der Waals surface area contributed by atoms with Crippen LogP contribution >= 0.6 is 0 Å². The van der Waals surface area contributed by atoms with Gasteiger partial charge in [0.05, 0.1) is 0 Å². The molecule has 0 radical (unpaired) electrons. The van der Waals surface area contributed by atoms with Crippen molar-refractivity contribution in [1.82, 2.24) is 5.32 Å². The monoisotopic (exact) mass is 260 g/mol. The Bertz CT molecular complexity index is 388. The summed E-state index contributed by atoms with van der Waals surface area (Å²) in [5.41, 5.74) is 8.84. The first kappa shape index (κ1) is 14.5. The largest absolute Gasteiger partial charge is 0.328 e. The van der Waals surface area contributed by atoms with E-state index in [0.29, 0.717) is 6.04 Å². The van der Waals surface area contributed by atoms with E-state index in [2.05, 4.69) is 50.4 Å². The van der Waals surface area contributed by atoms with E-state index in [4.69, 9.17) is 5.73 Å². The van der Waals surface area contributed by atoms with Gasteiger partial charge in [0.25, 0.3) is 0 Å². The van der Waals surface area contributed by atoms with Gasteiger partial charge in [-0.2, -0.15) is 0 Å². The molecular formula is C17H28N2. The van der Waals surface area contributed by atoms with Crippen molar-refractivity contribution < 1.29 is 0 Å². The van der Waals surface area contributed by atoms with E-state index >= 15 is 0 Å². The Labute approximate surface area is 117 Å². The van der Waals surface area contributed by atoms with Gasteiger partial charge in [-0.1, -0.05) is 45.0 Å². The molecule has 0 aliphatic heterocycles. The van der Waals surface area contributed by atoms with Crippen LogP contribution < -0.4 is 11.1 Å². The Hall–Kier alpha value is -0.860. The van der Waals surface area contributed by atoms with Gasteiger partial charge in [0.1, 0.15) is 0 Å². The second-order valence-electron chi connectivity index (χ2n) is 6.66. The highest BCUT2D eigenvalue weighted by Gasteiger charge is 2.26. The molecule has 1 aliphatic rings. The van der Waals surface area contributed by atoms with Gasteiger partial charge in [-0.25, -0.2) is 0 Å². The van der Waals surface area contributed by atoms with E-state index in [9.17, 15) is 0 Å². The van der Waals surface area contributed by atoms with Crippen molar-refractivity contribution in [2.24, 2.45) is 11.7 Å². The molecular weight excluding hydrogens is 232 g/mol. The minimum atomic E-state index is 0.193. The van der Waals surface area contributed by atoms with E-state index < -0.39 is 0 Å². The Morgan fingerprint density at radius 3 is 2.37 bits per heavy atom. The molecule has 2 nitrogen and oxygen atoms in total. The van der Waals surface area contributed by atoms with Gasteiger partial charge in [-0.15, -0.1) is 0 Å². The van der Waals surface area contributed by atoms with Crippen molar-refractivity contribution in [3.05, 3.63) is 35.4 Å². The molecule has 1 aliphatic carbocycles. The van der Waals surface area contributed by atoms with Crippen LogP contribution in [0.25, 0.3) is 0 Å². The lowest BCUT2D eigenvalue weighted by atomic mass is 9.80. The van der Waals surface area contributed by atoms with Crippen molar-refractivity contribution in [3.63, 3.8) is 0 Å².